The molecular weight excluding hydrogens is 332 g/mol. The molecule has 1 saturated heterocycles. The molecule has 1 aromatic carbocycles. The Labute approximate surface area is 151 Å². The number of methoxy groups -OCH3 is 2. The number of nitrogens with one attached hydrogen (secondary N) is 2. The zero-order valence-corrected chi connectivity index (χ0v) is 14.9. The molecule has 3 heterocycles. The summed E-state index contributed by atoms with van der Waals surface area (Å²) in [6, 6.07) is 7.26. The molecule has 2 aromatic heterocycles. The van der Waals surface area contributed by atoms with Gasteiger partial charge in [-0.1, -0.05) is 0 Å². The van der Waals surface area contributed by atoms with Gasteiger partial charge in [-0.15, -0.1) is 0 Å². The fraction of sp³-hybridized carbons (Fsp3) is 0.368. The molecule has 1 fully saturated rings. The summed E-state index contributed by atoms with van der Waals surface area (Å²) in [6.45, 7) is 1.91. The van der Waals surface area contributed by atoms with Gasteiger partial charge >= 0.3 is 0 Å². The second-order valence-corrected chi connectivity index (χ2v) is 6.47. The minimum Gasteiger partial charge on any atom is -0.497 e. The number of hydrogen-bond acceptors (Lipinski definition) is 5. The van der Waals surface area contributed by atoms with Gasteiger partial charge in [-0.2, -0.15) is 5.10 Å². The van der Waals surface area contributed by atoms with Crippen LogP contribution >= 0.6 is 0 Å². The number of ether oxygens (including phenoxy) is 2. The van der Waals surface area contributed by atoms with Crippen molar-refractivity contribution in [3.63, 3.8) is 0 Å². The maximum atomic E-state index is 12.3. The highest BCUT2D eigenvalue weighted by Gasteiger charge is 2.21. The molecular formula is C19H22N4O3. The molecule has 1 aliphatic heterocycles. The first-order chi connectivity index (χ1) is 12.7. The van der Waals surface area contributed by atoms with Crippen molar-refractivity contribution in [3.05, 3.63) is 46.5 Å². The van der Waals surface area contributed by atoms with Crippen LogP contribution in [0.4, 0.5) is 0 Å². The summed E-state index contributed by atoms with van der Waals surface area (Å²) in [5, 5.41) is 7.93. The van der Waals surface area contributed by atoms with Crippen LogP contribution in [-0.2, 0) is 0 Å². The van der Waals surface area contributed by atoms with Gasteiger partial charge in [0, 0.05) is 23.1 Å². The Morgan fingerprint density at radius 1 is 1.12 bits per heavy atom. The topological polar surface area (TPSA) is 80.7 Å². The molecule has 136 valence electrons. The quantitative estimate of drug-likeness (QED) is 0.751. The molecule has 1 aliphatic rings. The summed E-state index contributed by atoms with van der Waals surface area (Å²) in [5.74, 6) is 1.74. The molecule has 0 radical (unpaired) electrons. The third-order valence-electron chi connectivity index (χ3n) is 4.99. The molecule has 2 N–H and O–H groups in total. The van der Waals surface area contributed by atoms with E-state index in [0.29, 0.717) is 17.3 Å². The van der Waals surface area contributed by atoms with Gasteiger partial charge in [-0.05, 0) is 44.1 Å². The molecule has 26 heavy (non-hydrogen) atoms. The lowest BCUT2D eigenvalue weighted by molar-refractivity contribution is 0.404. The highest BCUT2D eigenvalue weighted by Crippen LogP contribution is 2.36. The van der Waals surface area contributed by atoms with Gasteiger partial charge in [0.25, 0.3) is 5.56 Å². The maximum Gasteiger partial charge on any atom is 0.251 e. The van der Waals surface area contributed by atoms with Crippen LogP contribution in [0.1, 0.15) is 24.5 Å². The van der Waals surface area contributed by atoms with Crippen molar-refractivity contribution in [2.75, 3.05) is 27.3 Å². The Balaban J connectivity index is 1.90. The van der Waals surface area contributed by atoms with Gasteiger partial charge in [0.05, 0.1) is 26.1 Å². The van der Waals surface area contributed by atoms with Crippen molar-refractivity contribution in [2.24, 2.45) is 0 Å². The SMILES string of the molecule is COc1ccc(OC)c(-c2cnn3c(C4CCNCC4)cc(=O)[nH]c23)c1. The first kappa shape index (κ1) is 16.7. The third kappa shape index (κ3) is 2.84. The number of aromatic amines is 1. The average molecular weight is 354 g/mol. The van der Waals surface area contributed by atoms with E-state index in [1.807, 2.05) is 22.7 Å². The van der Waals surface area contributed by atoms with Crippen molar-refractivity contribution < 1.29 is 9.47 Å². The molecule has 0 bridgehead atoms. The molecule has 0 amide bonds. The Bertz CT molecular complexity index is 986. The van der Waals surface area contributed by atoms with Crippen LogP contribution < -0.4 is 20.3 Å². The first-order valence-electron chi connectivity index (χ1n) is 8.75. The van der Waals surface area contributed by atoms with Gasteiger partial charge in [-0.25, -0.2) is 4.52 Å². The van der Waals surface area contributed by atoms with Crippen molar-refractivity contribution in [1.29, 1.82) is 0 Å². The van der Waals surface area contributed by atoms with Gasteiger partial charge in [0.2, 0.25) is 0 Å². The summed E-state index contributed by atoms with van der Waals surface area (Å²) < 4.78 is 12.7. The number of benzene rings is 1. The number of hydrogen-bond donors (Lipinski definition) is 2. The number of nitrogens with zero attached hydrogens (tertiary/aromatic N) is 2. The number of piperidine rings is 1. The number of aromatic nitrogens is 3. The van der Waals surface area contributed by atoms with E-state index >= 15 is 0 Å². The third-order valence-corrected chi connectivity index (χ3v) is 4.99. The maximum absolute atomic E-state index is 12.3. The van der Waals surface area contributed by atoms with Crippen molar-refractivity contribution >= 4 is 5.65 Å². The summed E-state index contributed by atoms with van der Waals surface area (Å²) >= 11 is 0. The summed E-state index contributed by atoms with van der Waals surface area (Å²) in [7, 11) is 3.25. The number of rotatable bonds is 4. The van der Waals surface area contributed by atoms with E-state index in [1.54, 1.807) is 26.5 Å². The molecule has 0 aliphatic carbocycles. The van der Waals surface area contributed by atoms with Crippen LogP contribution in [0.15, 0.2) is 35.3 Å². The molecule has 0 saturated carbocycles. The Morgan fingerprint density at radius 2 is 1.92 bits per heavy atom. The molecule has 0 spiro atoms. The smallest absolute Gasteiger partial charge is 0.251 e. The van der Waals surface area contributed by atoms with Crippen molar-refractivity contribution in [3.8, 4) is 22.6 Å². The second-order valence-electron chi connectivity index (χ2n) is 6.47. The normalized spacial score (nSPS) is 15.3. The highest BCUT2D eigenvalue weighted by molar-refractivity contribution is 5.82. The average Bonchev–Trinajstić information content (AvgIpc) is 3.11. The minimum absolute atomic E-state index is 0.116. The summed E-state index contributed by atoms with van der Waals surface area (Å²) in [4.78, 5) is 15.3. The molecule has 3 aromatic rings. The van der Waals surface area contributed by atoms with E-state index in [4.69, 9.17) is 9.47 Å². The zero-order chi connectivity index (χ0) is 18.1. The van der Waals surface area contributed by atoms with Crippen LogP contribution in [0.3, 0.4) is 0 Å². The van der Waals surface area contributed by atoms with Crippen LogP contribution in [0.5, 0.6) is 11.5 Å². The van der Waals surface area contributed by atoms with Gasteiger partial charge in [-0.3, -0.25) is 4.79 Å². The monoisotopic (exact) mass is 354 g/mol. The van der Waals surface area contributed by atoms with E-state index in [9.17, 15) is 4.79 Å². The fourth-order valence-corrected chi connectivity index (χ4v) is 3.64. The molecule has 7 nitrogen and oxygen atoms in total. The fourth-order valence-electron chi connectivity index (χ4n) is 3.64. The largest absolute Gasteiger partial charge is 0.497 e. The first-order valence-corrected chi connectivity index (χ1v) is 8.75. The van der Waals surface area contributed by atoms with Gasteiger partial charge in [0.15, 0.2) is 0 Å². The molecule has 4 rings (SSSR count). The van der Waals surface area contributed by atoms with Crippen molar-refractivity contribution in [1.82, 2.24) is 19.9 Å². The summed E-state index contributed by atoms with van der Waals surface area (Å²) in [5.41, 5.74) is 3.17. The van der Waals surface area contributed by atoms with E-state index in [0.717, 1.165) is 48.5 Å². The van der Waals surface area contributed by atoms with Gasteiger partial charge < -0.3 is 19.8 Å². The van der Waals surface area contributed by atoms with E-state index in [-0.39, 0.29) is 5.56 Å². The standard InChI is InChI=1S/C19H22N4O3/c1-25-13-3-4-17(26-2)14(9-13)15-11-21-23-16(10-18(24)22-19(15)23)12-5-7-20-8-6-12/h3-4,9-12,20H,5-8H2,1-2H3,(H,22,24). The van der Waals surface area contributed by atoms with Crippen LogP contribution in [0.25, 0.3) is 16.8 Å². The van der Waals surface area contributed by atoms with Crippen LogP contribution in [-0.4, -0.2) is 41.9 Å². The number of fused-ring (bicyclic) bond motifs is 1. The van der Waals surface area contributed by atoms with Gasteiger partial charge in [0.1, 0.15) is 17.1 Å². The van der Waals surface area contributed by atoms with E-state index < -0.39 is 0 Å². The number of H-pyrrole nitrogens is 1. The van der Waals surface area contributed by atoms with Crippen molar-refractivity contribution in [2.45, 2.75) is 18.8 Å². The predicted molar refractivity (Wildman–Crippen MR) is 99.2 cm³/mol. The molecule has 0 unspecified atom stereocenters. The Kier molecular flexibility index (Phi) is 4.38. The Morgan fingerprint density at radius 3 is 2.65 bits per heavy atom. The minimum atomic E-state index is -0.116. The second kappa shape index (κ2) is 6.84. The van der Waals surface area contributed by atoms with Crippen LogP contribution in [0, 0.1) is 0 Å². The van der Waals surface area contributed by atoms with E-state index in [1.165, 1.54) is 0 Å². The molecule has 0 atom stereocenters. The predicted octanol–water partition coefficient (Wildman–Crippen LogP) is 2.17. The zero-order valence-electron chi connectivity index (χ0n) is 14.9. The van der Waals surface area contributed by atoms with E-state index in [2.05, 4.69) is 15.4 Å². The lowest BCUT2D eigenvalue weighted by Gasteiger charge is -2.23. The lowest BCUT2D eigenvalue weighted by Crippen LogP contribution is -2.28. The Hall–Kier alpha value is -2.80. The lowest BCUT2D eigenvalue weighted by atomic mass is 9.94. The summed E-state index contributed by atoms with van der Waals surface area (Å²) in [6.07, 6.45) is 3.76. The van der Waals surface area contributed by atoms with Crippen LogP contribution in [0.2, 0.25) is 0 Å². The highest BCUT2D eigenvalue weighted by atomic mass is 16.5. The molecule has 7 heteroatoms.